The lowest BCUT2D eigenvalue weighted by Gasteiger charge is -2.09. The van der Waals surface area contributed by atoms with Crippen LogP contribution in [0.3, 0.4) is 0 Å². The maximum Gasteiger partial charge on any atom is 0.164 e. The number of rotatable bonds is 5. The zero-order valence-corrected chi connectivity index (χ0v) is 10.6. The fourth-order valence-corrected chi connectivity index (χ4v) is 1.59. The van der Waals surface area contributed by atoms with Crippen LogP contribution in [0, 0.1) is 5.92 Å². The summed E-state index contributed by atoms with van der Waals surface area (Å²) in [5.74, 6) is 2.24. The molecule has 0 aliphatic heterocycles. The first-order chi connectivity index (χ1) is 8.65. The molecule has 18 heavy (non-hydrogen) atoms. The fraction of sp³-hybridized carbons (Fsp3) is 0.385. The Morgan fingerprint density at radius 3 is 2.67 bits per heavy atom. The Hall–Kier alpha value is -2.04. The largest absolute Gasteiger partial charge is 0.508 e. The fourth-order valence-electron chi connectivity index (χ4n) is 1.59. The van der Waals surface area contributed by atoms with Crippen LogP contribution < -0.4 is 4.74 Å². The summed E-state index contributed by atoms with van der Waals surface area (Å²) < 4.78 is 7.45. The van der Waals surface area contributed by atoms with E-state index in [4.69, 9.17) is 4.74 Å². The SMILES string of the molecule is CC(C)Cn1ncnc1COc1ccc(O)cc1. The molecule has 1 aromatic heterocycles. The number of phenols is 1. The highest BCUT2D eigenvalue weighted by Crippen LogP contribution is 2.16. The van der Waals surface area contributed by atoms with Crippen LogP contribution in [0.25, 0.3) is 0 Å². The zero-order valence-electron chi connectivity index (χ0n) is 10.6. The van der Waals surface area contributed by atoms with Crippen molar-refractivity contribution in [2.24, 2.45) is 5.92 Å². The summed E-state index contributed by atoms with van der Waals surface area (Å²) >= 11 is 0. The molecular weight excluding hydrogens is 230 g/mol. The van der Waals surface area contributed by atoms with Gasteiger partial charge in [0, 0.05) is 6.54 Å². The molecule has 2 aromatic rings. The maximum absolute atomic E-state index is 9.17. The standard InChI is InChI=1S/C13H17N3O2/c1-10(2)7-16-13(14-9-15-16)8-18-12-5-3-11(17)4-6-12/h3-6,9-10,17H,7-8H2,1-2H3. The van der Waals surface area contributed by atoms with E-state index in [-0.39, 0.29) is 5.75 Å². The van der Waals surface area contributed by atoms with E-state index in [1.54, 1.807) is 24.3 Å². The van der Waals surface area contributed by atoms with Crippen LogP contribution in [0.4, 0.5) is 0 Å². The first-order valence-electron chi connectivity index (χ1n) is 5.93. The van der Waals surface area contributed by atoms with Crippen LogP contribution in [0.2, 0.25) is 0 Å². The zero-order chi connectivity index (χ0) is 13.0. The minimum absolute atomic E-state index is 0.227. The summed E-state index contributed by atoms with van der Waals surface area (Å²) in [6, 6.07) is 6.62. The van der Waals surface area contributed by atoms with Gasteiger partial charge < -0.3 is 9.84 Å². The summed E-state index contributed by atoms with van der Waals surface area (Å²) in [4.78, 5) is 4.18. The van der Waals surface area contributed by atoms with Crippen molar-refractivity contribution in [2.45, 2.75) is 27.0 Å². The highest BCUT2D eigenvalue weighted by molar-refractivity contribution is 5.30. The van der Waals surface area contributed by atoms with E-state index in [0.717, 1.165) is 12.4 Å². The summed E-state index contributed by atoms with van der Waals surface area (Å²) in [7, 11) is 0. The van der Waals surface area contributed by atoms with Gasteiger partial charge in [-0.25, -0.2) is 9.67 Å². The molecule has 0 aliphatic rings. The second-order valence-electron chi connectivity index (χ2n) is 4.53. The van der Waals surface area contributed by atoms with Gasteiger partial charge in [0.25, 0.3) is 0 Å². The molecule has 0 amide bonds. The highest BCUT2D eigenvalue weighted by atomic mass is 16.5. The lowest BCUT2D eigenvalue weighted by Crippen LogP contribution is -2.12. The second-order valence-corrected chi connectivity index (χ2v) is 4.53. The third-order valence-electron chi connectivity index (χ3n) is 2.44. The van der Waals surface area contributed by atoms with Gasteiger partial charge in [0.1, 0.15) is 24.4 Å². The van der Waals surface area contributed by atoms with Crippen molar-refractivity contribution in [3.63, 3.8) is 0 Å². The van der Waals surface area contributed by atoms with Gasteiger partial charge in [0.05, 0.1) is 0 Å². The first kappa shape index (κ1) is 12.4. The third kappa shape index (κ3) is 3.23. The number of phenolic OH excluding ortho intramolecular Hbond substituents is 1. The van der Waals surface area contributed by atoms with Crippen LogP contribution in [-0.2, 0) is 13.2 Å². The average molecular weight is 247 g/mol. The lowest BCUT2D eigenvalue weighted by molar-refractivity contribution is 0.282. The molecule has 0 atom stereocenters. The minimum atomic E-state index is 0.227. The van der Waals surface area contributed by atoms with Gasteiger partial charge in [-0.05, 0) is 30.2 Å². The Balaban J connectivity index is 1.97. The van der Waals surface area contributed by atoms with Crippen molar-refractivity contribution >= 4 is 0 Å². The van der Waals surface area contributed by atoms with Crippen molar-refractivity contribution in [2.75, 3.05) is 0 Å². The molecule has 1 heterocycles. The Morgan fingerprint density at radius 1 is 1.28 bits per heavy atom. The predicted octanol–water partition coefficient (Wildman–Crippen LogP) is 2.22. The number of benzene rings is 1. The number of hydrogen-bond donors (Lipinski definition) is 1. The topological polar surface area (TPSA) is 60.2 Å². The van der Waals surface area contributed by atoms with E-state index in [1.165, 1.54) is 6.33 Å². The van der Waals surface area contributed by atoms with E-state index < -0.39 is 0 Å². The molecule has 0 radical (unpaired) electrons. The minimum Gasteiger partial charge on any atom is -0.508 e. The summed E-state index contributed by atoms with van der Waals surface area (Å²) in [5.41, 5.74) is 0. The smallest absolute Gasteiger partial charge is 0.164 e. The van der Waals surface area contributed by atoms with Crippen molar-refractivity contribution < 1.29 is 9.84 Å². The van der Waals surface area contributed by atoms with Crippen molar-refractivity contribution in [3.05, 3.63) is 36.4 Å². The van der Waals surface area contributed by atoms with E-state index in [0.29, 0.717) is 18.3 Å². The number of nitrogens with zero attached hydrogens (tertiary/aromatic N) is 3. The first-order valence-corrected chi connectivity index (χ1v) is 5.93. The Labute approximate surface area is 106 Å². The molecule has 5 nitrogen and oxygen atoms in total. The molecular formula is C13H17N3O2. The van der Waals surface area contributed by atoms with Crippen LogP contribution in [0.1, 0.15) is 19.7 Å². The van der Waals surface area contributed by atoms with Gasteiger partial charge in [-0.2, -0.15) is 5.10 Å². The second kappa shape index (κ2) is 5.53. The molecule has 1 aromatic carbocycles. The van der Waals surface area contributed by atoms with Gasteiger partial charge in [-0.1, -0.05) is 13.8 Å². The maximum atomic E-state index is 9.17. The van der Waals surface area contributed by atoms with E-state index in [2.05, 4.69) is 23.9 Å². The summed E-state index contributed by atoms with van der Waals surface area (Å²) in [6.45, 7) is 5.46. The molecule has 2 rings (SSSR count). The number of ether oxygens (including phenoxy) is 1. The molecule has 5 heteroatoms. The molecule has 0 unspecified atom stereocenters. The highest BCUT2D eigenvalue weighted by Gasteiger charge is 2.06. The van der Waals surface area contributed by atoms with E-state index in [1.807, 2.05) is 4.68 Å². The van der Waals surface area contributed by atoms with Crippen LogP contribution in [0.5, 0.6) is 11.5 Å². The van der Waals surface area contributed by atoms with E-state index >= 15 is 0 Å². The number of aromatic hydroxyl groups is 1. The molecule has 0 aliphatic carbocycles. The molecule has 96 valence electrons. The van der Waals surface area contributed by atoms with Crippen LogP contribution in [0.15, 0.2) is 30.6 Å². The molecule has 0 bridgehead atoms. The Kier molecular flexibility index (Phi) is 3.82. The monoisotopic (exact) mass is 247 g/mol. The predicted molar refractivity (Wildman–Crippen MR) is 67.3 cm³/mol. The molecule has 0 fully saturated rings. The quantitative estimate of drug-likeness (QED) is 0.880. The van der Waals surface area contributed by atoms with Crippen molar-refractivity contribution in [1.29, 1.82) is 0 Å². The van der Waals surface area contributed by atoms with Crippen LogP contribution in [-0.4, -0.2) is 19.9 Å². The van der Waals surface area contributed by atoms with Gasteiger partial charge >= 0.3 is 0 Å². The molecule has 0 saturated carbocycles. The Bertz CT molecular complexity index is 491. The summed E-state index contributed by atoms with van der Waals surface area (Å²) in [6.07, 6.45) is 1.54. The van der Waals surface area contributed by atoms with Gasteiger partial charge in [0.15, 0.2) is 5.82 Å². The lowest BCUT2D eigenvalue weighted by atomic mass is 10.2. The summed E-state index contributed by atoms with van der Waals surface area (Å²) in [5, 5.41) is 13.3. The molecule has 0 spiro atoms. The van der Waals surface area contributed by atoms with Gasteiger partial charge in [-0.15, -0.1) is 0 Å². The third-order valence-corrected chi connectivity index (χ3v) is 2.44. The Morgan fingerprint density at radius 2 is 2.00 bits per heavy atom. The van der Waals surface area contributed by atoms with Crippen molar-refractivity contribution in [3.8, 4) is 11.5 Å². The van der Waals surface area contributed by atoms with Gasteiger partial charge in [0.2, 0.25) is 0 Å². The van der Waals surface area contributed by atoms with Gasteiger partial charge in [-0.3, -0.25) is 0 Å². The number of aromatic nitrogens is 3. The van der Waals surface area contributed by atoms with E-state index in [9.17, 15) is 5.11 Å². The van der Waals surface area contributed by atoms with Crippen molar-refractivity contribution in [1.82, 2.24) is 14.8 Å². The number of hydrogen-bond acceptors (Lipinski definition) is 4. The molecule has 1 N–H and O–H groups in total. The molecule has 0 saturated heterocycles. The normalized spacial score (nSPS) is 10.8. The average Bonchev–Trinajstić information content (AvgIpc) is 2.75. The van der Waals surface area contributed by atoms with Crippen LogP contribution >= 0.6 is 0 Å².